The molecular formula is C16H19N3. The Labute approximate surface area is 114 Å². The van der Waals surface area contributed by atoms with Gasteiger partial charge in [-0.25, -0.2) is 4.99 Å². The lowest BCUT2D eigenvalue weighted by Gasteiger charge is -2.03. The first-order valence-electron chi connectivity index (χ1n) is 6.14. The third-order valence-electron chi connectivity index (χ3n) is 2.43. The first kappa shape index (κ1) is 14.8. The second-order valence-corrected chi connectivity index (χ2v) is 3.90. The van der Waals surface area contributed by atoms with Gasteiger partial charge in [-0.1, -0.05) is 24.8 Å². The van der Waals surface area contributed by atoms with Gasteiger partial charge < -0.3 is 0 Å². The lowest BCUT2D eigenvalue weighted by Crippen LogP contribution is -2.05. The van der Waals surface area contributed by atoms with Crippen molar-refractivity contribution in [3.05, 3.63) is 61.1 Å². The predicted octanol–water partition coefficient (Wildman–Crippen LogP) is 4.06. The fourth-order valence-corrected chi connectivity index (χ4v) is 1.35. The van der Waals surface area contributed by atoms with Crippen molar-refractivity contribution in [1.29, 1.82) is 0 Å². The normalized spacial score (nSPS) is 13.9. The van der Waals surface area contributed by atoms with Gasteiger partial charge in [-0.2, -0.15) is 0 Å². The van der Waals surface area contributed by atoms with Gasteiger partial charge in [-0.05, 0) is 39.0 Å². The Morgan fingerprint density at radius 3 is 2.63 bits per heavy atom. The molecule has 19 heavy (non-hydrogen) atoms. The summed E-state index contributed by atoms with van der Waals surface area (Å²) in [5.74, 6) is 0. The zero-order chi connectivity index (χ0) is 14.1. The van der Waals surface area contributed by atoms with E-state index in [1.807, 2.05) is 51.1 Å². The van der Waals surface area contributed by atoms with E-state index in [-0.39, 0.29) is 0 Å². The van der Waals surface area contributed by atoms with E-state index in [0.717, 1.165) is 22.8 Å². The van der Waals surface area contributed by atoms with Gasteiger partial charge in [0.2, 0.25) is 0 Å². The number of pyridine rings is 1. The fraction of sp³-hybridized carbons (Fsp3) is 0.188. The third-order valence-corrected chi connectivity index (χ3v) is 2.43. The standard InChI is InChI=1S/C16H19N3/c1-5-9-16(15-10-7-8-12-18-15)19-14(4)13(3)17-11-6-2/h5-12H,1H2,2-4H3/b11-6-,16-9-,17-13?,19-14?. The Morgan fingerprint density at radius 2 is 2.05 bits per heavy atom. The van der Waals surface area contributed by atoms with Crippen molar-refractivity contribution < 1.29 is 0 Å². The highest BCUT2D eigenvalue weighted by Crippen LogP contribution is 2.13. The van der Waals surface area contributed by atoms with Crippen molar-refractivity contribution in [1.82, 2.24) is 4.98 Å². The molecular weight excluding hydrogens is 234 g/mol. The SMILES string of the molecule is C=C/C=C(\N=C(C)C(C)=N/C=C\C)c1ccccn1. The lowest BCUT2D eigenvalue weighted by molar-refractivity contribution is 1.25. The van der Waals surface area contributed by atoms with E-state index in [4.69, 9.17) is 0 Å². The summed E-state index contributed by atoms with van der Waals surface area (Å²) in [5.41, 5.74) is 3.34. The van der Waals surface area contributed by atoms with Crippen LogP contribution in [-0.4, -0.2) is 16.4 Å². The summed E-state index contributed by atoms with van der Waals surface area (Å²) in [7, 11) is 0. The van der Waals surface area contributed by atoms with Crippen molar-refractivity contribution in [2.75, 3.05) is 0 Å². The van der Waals surface area contributed by atoms with Crippen molar-refractivity contribution in [3.63, 3.8) is 0 Å². The minimum atomic E-state index is 0.781. The Morgan fingerprint density at radius 1 is 1.26 bits per heavy atom. The highest BCUT2D eigenvalue weighted by atomic mass is 14.8. The second-order valence-electron chi connectivity index (χ2n) is 3.90. The molecule has 0 N–H and O–H groups in total. The quantitative estimate of drug-likeness (QED) is 0.576. The molecule has 0 amide bonds. The molecule has 1 aromatic heterocycles. The summed E-state index contributed by atoms with van der Waals surface area (Å²) >= 11 is 0. The van der Waals surface area contributed by atoms with E-state index in [2.05, 4.69) is 21.5 Å². The molecule has 0 spiro atoms. The van der Waals surface area contributed by atoms with Crippen LogP contribution in [0.5, 0.6) is 0 Å². The molecule has 0 saturated carbocycles. The van der Waals surface area contributed by atoms with Crippen molar-refractivity contribution in [3.8, 4) is 0 Å². The number of hydrogen-bond donors (Lipinski definition) is 0. The Hall–Kier alpha value is -2.29. The predicted molar refractivity (Wildman–Crippen MR) is 83.4 cm³/mol. The summed E-state index contributed by atoms with van der Waals surface area (Å²) in [4.78, 5) is 13.1. The maximum atomic E-state index is 4.57. The minimum absolute atomic E-state index is 0.781. The molecule has 98 valence electrons. The molecule has 0 aliphatic heterocycles. The van der Waals surface area contributed by atoms with E-state index in [9.17, 15) is 0 Å². The van der Waals surface area contributed by atoms with E-state index in [0.29, 0.717) is 0 Å². The van der Waals surface area contributed by atoms with Crippen LogP contribution in [0.2, 0.25) is 0 Å². The van der Waals surface area contributed by atoms with Crippen LogP contribution in [0.3, 0.4) is 0 Å². The molecule has 0 fully saturated rings. The molecule has 3 nitrogen and oxygen atoms in total. The topological polar surface area (TPSA) is 37.6 Å². The van der Waals surface area contributed by atoms with Crippen LogP contribution < -0.4 is 0 Å². The third kappa shape index (κ3) is 4.84. The van der Waals surface area contributed by atoms with Crippen molar-refractivity contribution in [2.45, 2.75) is 20.8 Å². The summed E-state index contributed by atoms with van der Waals surface area (Å²) < 4.78 is 0. The van der Waals surface area contributed by atoms with Crippen LogP contribution in [0.25, 0.3) is 5.70 Å². The molecule has 0 radical (unpaired) electrons. The van der Waals surface area contributed by atoms with Crippen molar-refractivity contribution >= 4 is 17.1 Å². The van der Waals surface area contributed by atoms with Crippen LogP contribution in [-0.2, 0) is 0 Å². The van der Waals surface area contributed by atoms with Crippen LogP contribution in [0.1, 0.15) is 26.5 Å². The average Bonchev–Trinajstić information content (AvgIpc) is 2.45. The first-order chi connectivity index (χ1) is 9.19. The van der Waals surface area contributed by atoms with Gasteiger partial charge in [0.05, 0.1) is 22.8 Å². The highest BCUT2D eigenvalue weighted by molar-refractivity contribution is 6.41. The van der Waals surface area contributed by atoms with Gasteiger partial charge >= 0.3 is 0 Å². The molecule has 0 aromatic carbocycles. The van der Waals surface area contributed by atoms with E-state index in [1.165, 1.54) is 0 Å². The maximum Gasteiger partial charge on any atom is 0.0889 e. The van der Waals surface area contributed by atoms with Crippen LogP contribution in [0, 0.1) is 0 Å². The molecule has 0 saturated heterocycles. The monoisotopic (exact) mass is 253 g/mol. The Bertz CT molecular complexity index is 534. The first-order valence-corrected chi connectivity index (χ1v) is 6.14. The Balaban J connectivity index is 3.10. The number of nitrogens with zero attached hydrogens (tertiary/aromatic N) is 3. The van der Waals surface area contributed by atoms with E-state index >= 15 is 0 Å². The average molecular weight is 253 g/mol. The Kier molecular flexibility index (Phi) is 6.16. The molecule has 0 bridgehead atoms. The van der Waals surface area contributed by atoms with E-state index in [1.54, 1.807) is 18.5 Å². The summed E-state index contributed by atoms with van der Waals surface area (Å²) in [5, 5.41) is 0. The number of rotatable bonds is 5. The smallest absolute Gasteiger partial charge is 0.0889 e. The van der Waals surface area contributed by atoms with Gasteiger partial charge in [0.15, 0.2) is 0 Å². The van der Waals surface area contributed by atoms with Crippen LogP contribution >= 0.6 is 0 Å². The molecule has 1 rings (SSSR count). The molecule has 1 heterocycles. The number of hydrogen-bond acceptors (Lipinski definition) is 3. The number of aromatic nitrogens is 1. The molecule has 0 unspecified atom stereocenters. The number of aliphatic imine (C=N–C) groups is 2. The zero-order valence-electron chi connectivity index (χ0n) is 11.7. The molecule has 0 aliphatic rings. The van der Waals surface area contributed by atoms with E-state index < -0.39 is 0 Å². The van der Waals surface area contributed by atoms with Gasteiger partial charge in [-0.15, -0.1) is 0 Å². The summed E-state index contributed by atoms with van der Waals surface area (Å²) in [6.45, 7) is 9.51. The van der Waals surface area contributed by atoms with Crippen LogP contribution in [0.15, 0.2) is 65.4 Å². The van der Waals surface area contributed by atoms with Crippen molar-refractivity contribution in [2.24, 2.45) is 9.98 Å². The minimum Gasteiger partial charge on any atom is -0.260 e. The summed E-state index contributed by atoms with van der Waals surface area (Å²) in [6, 6.07) is 5.74. The fourth-order valence-electron chi connectivity index (χ4n) is 1.35. The molecule has 0 atom stereocenters. The van der Waals surface area contributed by atoms with Gasteiger partial charge in [0, 0.05) is 12.4 Å². The van der Waals surface area contributed by atoms with Gasteiger partial charge in [0.25, 0.3) is 0 Å². The summed E-state index contributed by atoms with van der Waals surface area (Å²) in [6.07, 6.45) is 8.94. The van der Waals surface area contributed by atoms with Crippen LogP contribution in [0.4, 0.5) is 0 Å². The molecule has 1 aromatic rings. The zero-order valence-corrected chi connectivity index (χ0v) is 11.7. The lowest BCUT2D eigenvalue weighted by atomic mass is 10.2. The van der Waals surface area contributed by atoms with Gasteiger partial charge in [-0.3, -0.25) is 9.98 Å². The second kappa shape index (κ2) is 7.93. The molecule has 0 aliphatic carbocycles. The number of allylic oxidation sites excluding steroid dienone is 3. The molecule has 3 heteroatoms. The highest BCUT2D eigenvalue weighted by Gasteiger charge is 2.02. The van der Waals surface area contributed by atoms with Gasteiger partial charge in [0.1, 0.15) is 0 Å². The largest absolute Gasteiger partial charge is 0.260 e. The maximum absolute atomic E-state index is 4.57.